The molecular formula is C15H14N4O2. The van der Waals surface area contributed by atoms with Crippen molar-refractivity contribution >= 4 is 10.9 Å². The summed E-state index contributed by atoms with van der Waals surface area (Å²) >= 11 is 0. The minimum Gasteiger partial charge on any atom is -0.487 e. The molecule has 0 fully saturated rings. The van der Waals surface area contributed by atoms with Gasteiger partial charge in [-0.15, -0.1) is 0 Å². The van der Waals surface area contributed by atoms with Gasteiger partial charge in [0.25, 0.3) is 5.56 Å². The van der Waals surface area contributed by atoms with Gasteiger partial charge in [-0.25, -0.2) is 4.98 Å². The maximum Gasteiger partial charge on any atom is 0.261 e. The summed E-state index contributed by atoms with van der Waals surface area (Å²) in [6.45, 7) is 2.31. The van der Waals surface area contributed by atoms with E-state index in [0.29, 0.717) is 23.2 Å². The van der Waals surface area contributed by atoms with Crippen molar-refractivity contribution < 1.29 is 4.74 Å². The lowest BCUT2D eigenvalue weighted by molar-refractivity contribution is 0.197. The topological polar surface area (TPSA) is 69.9 Å². The predicted octanol–water partition coefficient (Wildman–Crippen LogP) is 1.65. The van der Waals surface area contributed by atoms with Crippen LogP contribution in [-0.4, -0.2) is 25.6 Å². The molecule has 3 aromatic rings. The van der Waals surface area contributed by atoms with Crippen LogP contribution in [0, 0.1) is 0 Å². The molecule has 6 heteroatoms. The van der Waals surface area contributed by atoms with Crippen LogP contribution >= 0.6 is 0 Å². The van der Waals surface area contributed by atoms with Crippen molar-refractivity contribution in [2.45, 2.75) is 19.6 Å². The van der Waals surface area contributed by atoms with E-state index in [4.69, 9.17) is 4.74 Å². The summed E-state index contributed by atoms with van der Waals surface area (Å²) in [5.41, 5.74) is 0.503. The lowest BCUT2D eigenvalue weighted by Gasteiger charge is -2.15. The Balaban J connectivity index is 1.82. The van der Waals surface area contributed by atoms with Gasteiger partial charge in [-0.3, -0.25) is 19.3 Å². The molecule has 0 unspecified atom stereocenters. The number of fused-ring (bicyclic) bond motifs is 1. The summed E-state index contributed by atoms with van der Waals surface area (Å²) in [7, 11) is 0. The van der Waals surface area contributed by atoms with Crippen molar-refractivity contribution in [2.75, 3.05) is 0 Å². The maximum absolute atomic E-state index is 12.3. The van der Waals surface area contributed by atoms with Gasteiger partial charge in [0, 0.05) is 12.4 Å². The van der Waals surface area contributed by atoms with Gasteiger partial charge in [-0.1, -0.05) is 0 Å². The molecule has 0 radical (unpaired) electrons. The number of rotatable bonds is 4. The summed E-state index contributed by atoms with van der Waals surface area (Å²) in [5.74, 6) is 0.677. The first-order chi connectivity index (χ1) is 10.2. The van der Waals surface area contributed by atoms with E-state index in [0.717, 1.165) is 0 Å². The van der Waals surface area contributed by atoms with Crippen LogP contribution in [0.4, 0.5) is 0 Å². The van der Waals surface area contributed by atoms with Gasteiger partial charge in [-0.2, -0.15) is 0 Å². The molecule has 0 amide bonds. The molecule has 0 N–H and O–H groups in total. The minimum absolute atomic E-state index is 0.0935. The summed E-state index contributed by atoms with van der Waals surface area (Å²) in [4.78, 5) is 24.5. The fourth-order valence-corrected chi connectivity index (χ4v) is 2.10. The molecule has 1 atom stereocenters. The van der Waals surface area contributed by atoms with E-state index in [1.807, 2.05) is 13.0 Å². The smallest absolute Gasteiger partial charge is 0.261 e. The Morgan fingerprint density at radius 1 is 1.24 bits per heavy atom. The van der Waals surface area contributed by atoms with Crippen molar-refractivity contribution in [1.82, 2.24) is 19.5 Å². The molecule has 21 heavy (non-hydrogen) atoms. The average molecular weight is 282 g/mol. The van der Waals surface area contributed by atoms with E-state index in [-0.39, 0.29) is 11.7 Å². The molecule has 0 saturated heterocycles. The van der Waals surface area contributed by atoms with Crippen LogP contribution in [0.1, 0.15) is 6.92 Å². The largest absolute Gasteiger partial charge is 0.487 e. The number of pyridine rings is 2. The standard InChI is InChI=1S/C15H14N4O2/c1-11(21-12-3-2-5-16-7-12)9-19-10-18-14-8-17-6-4-13(14)15(19)20/h2-8,10-11H,9H2,1H3/t11-/m0/s1. The fraction of sp³-hybridized carbons (Fsp3) is 0.200. The van der Waals surface area contributed by atoms with Crippen molar-refractivity contribution in [3.63, 3.8) is 0 Å². The second kappa shape index (κ2) is 5.70. The number of nitrogens with zero attached hydrogens (tertiary/aromatic N) is 4. The second-order valence-electron chi connectivity index (χ2n) is 4.71. The Hall–Kier alpha value is -2.76. The summed E-state index contributed by atoms with van der Waals surface area (Å²) in [5, 5.41) is 0.557. The first-order valence-electron chi connectivity index (χ1n) is 6.60. The molecule has 0 aromatic carbocycles. The highest BCUT2D eigenvalue weighted by molar-refractivity contribution is 5.75. The second-order valence-corrected chi connectivity index (χ2v) is 4.71. The van der Waals surface area contributed by atoms with E-state index >= 15 is 0 Å². The minimum atomic E-state index is -0.173. The van der Waals surface area contributed by atoms with Crippen LogP contribution < -0.4 is 10.3 Å². The lowest BCUT2D eigenvalue weighted by Crippen LogP contribution is -2.28. The summed E-state index contributed by atoms with van der Waals surface area (Å²) in [6.07, 6.45) is 7.85. The molecule has 0 saturated carbocycles. The number of hydrogen-bond donors (Lipinski definition) is 0. The highest BCUT2D eigenvalue weighted by Crippen LogP contribution is 2.10. The summed E-state index contributed by atoms with van der Waals surface area (Å²) < 4.78 is 7.27. The molecule has 6 nitrogen and oxygen atoms in total. The Bertz CT molecular complexity index is 801. The van der Waals surface area contributed by atoms with Gasteiger partial charge < -0.3 is 4.74 Å². The van der Waals surface area contributed by atoms with E-state index in [1.165, 1.54) is 6.33 Å². The third-order valence-corrected chi connectivity index (χ3v) is 3.05. The molecule has 0 aliphatic carbocycles. The van der Waals surface area contributed by atoms with Crippen molar-refractivity contribution in [3.05, 3.63) is 59.7 Å². The Morgan fingerprint density at radius 3 is 2.90 bits per heavy atom. The zero-order valence-corrected chi connectivity index (χ0v) is 11.5. The maximum atomic E-state index is 12.3. The Labute approximate surface area is 121 Å². The average Bonchev–Trinajstić information content (AvgIpc) is 2.51. The quantitative estimate of drug-likeness (QED) is 0.727. The number of aromatic nitrogens is 4. The van der Waals surface area contributed by atoms with Crippen molar-refractivity contribution in [2.24, 2.45) is 0 Å². The molecule has 106 valence electrons. The Morgan fingerprint density at radius 2 is 2.10 bits per heavy atom. The van der Waals surface area contributed by atoms with Crippen LogP contribution in [0.15, 0.2) is 54.1 Å². The molecule has 3 aromatic heterocycles. The SMILES string of the molecule is C[C@@H](Cn1cnc2cnccc2c1=O)Oc1cccnc1. The summed E-state index contributed by atoms with van der Waals surface area (Å²) in [6, 6.07) is 5.31. The van der Waals surface area contributed by atoms with Gasteiger partial charge in [0.2, 0.25) is 0 Å². The van der Waals surface area contributed by atoms with Crippen LogP contribution in [0.25, 0.3) is 10.9 Å². The highest BCUT2D eigenvalue weighted by atomic mass is 16.5. The van der Waals surface area contributed by atoms with Gasteiger partial charge in [-0.05, 0) is 25.1 Å². The van der Waals surface area contributed by atoms with Crippen LogP contribution in [0.3, 0.4) is 0 Å². The van der Waals surface area contributed by atoms with Gasteiger partial charge in [0.05, 0.1) is 36.2 Å². The zero-order valence-electron chi connectivity index (χ0n) is 11.5. The Kier molecular flexibility index (Phi) is 3.59. The van der Waals surface area contributed by atoms with Crippen molar-refractivity contribution in [3.8, 4) is 5.75 Å². The van der Waals surface area contributed by atoms with Gasteiger partial charge in [0.15, 0.2) is 0 Å². The normalized spacial score (nSPS) is 12.2. The predicted molar refractivity (Wildman–Crippen MR) is 78.1 cm³/mol. The highest BCUT2D eigenvalue weighted by Gasteiger charge is 2.09. The van der Waals surface area contributed by atoms with Gasteiger partial charge in [0.1, 0.15) is 11.9 Å². The molecule has 3 rings (SSSR count). The van der Waals surface area contributed by atoms with Crippen LogP contribution in [-0.2, 0) is 6.54 Å². The van der Waals surface area contributed by atoms with E-state index < -0.39 is 0 Å². The number of ether oxygens (including phenoxy) is 1. The lowest BCUT2D eigenvalue weighted by atomic mass is 10.3. The molecule has 0 bridgehead atoms. The monoisotopic (exact) mass is 282 g/mol. The van der Waals surface area contributed by atoms with Crippen LogP contribution in [0.5, 0.6) is 5.75 Å². The van der Waals surface area contributed by atoms with E-state index in [2.05, 4.69) is 15.0 Å². The molecular weight excluding hydrogens is 268 g/mol. The fourth-order valence-electron chi connectivity index (χ4n) is 2.10. The first kappa shape index (κ1) is 13.2. The van der Waals surface area contributed by atoms with Crippen molar-refractivity contribution in [1.29, 1.82) is 0 Å². The molecule has 0 aliphatic heterocycles. The zero-order chi connectivity index (χ0) is 14.7. The molecule has 3 heterocycles. The third kappa shape index (κ3) is 2.89. The molecule has 0 aliphatic rings. The molecule has 0 spiro atoms. The van der Waals surface area contributed by atoms with E-state index in [1.54, 1.807) is 41.5 Å². The van der Waals surface area contributed by atoms with Crippen LogP contribution in [0.2, 0.25) is 0 Å². The first-order valence-corrected chi connectivity index (χ1v) is 6.60. The van der Waals surface area contributed by atoms with E-state index in [9.17, 15) is 4.79 Å². The third-order valence-electron chi connectivity index (χ3n) is 3.05. The van der Waals surface area contributed by atoms with Gasteiger partial charge >= 0.3 is 0 Å². The number of hydrogen-bond acceptors (Lipinski definition) is 5.